The van der Waals surface area contributed by atoms with Crippen molar-refractivity contribution >= 4 is 5.78 Å². The number of aliphatic hydroxyl groups is 7. The maximum Gasteiger partial charge on any atom is 0.198 e. The van der Waals surface area contributed by atoms with Crippen LogP contribution in [0.15, 0.2) is 22.8 Å². The molecule has 3 heterocycles. The fraction of sp³-hybridized carbons (Fsp3) is 0.857. The maximum atomic E-state index is 12.7. The van der Waals surface area contributed by atoms with E-state index in [1.807, 2.05) is 0 Å². The largest absolute Gasteiger partial charge is 0.394 e. The molecule has 2 spiro atoms. The van der Waals surface area contributed by atoms with Crippen molar-refractivity contribution in [1.82, 2.24) is 0 Å². The molecule has 256 valence electrons. The highest BCUT2D eigenvalue weighted by molar-refractivity contribution is 5.86. The first-order chi connectivity index (χ1) is 21.6. The number of Topliss-reactive ketones (excluding diaryl/α,β-unsaturated/α-hetero) is 1. The van der Waals surface area contributed by atoms with Crippen LogP contribution in [0.2, 0.25) is 0 Å². The maximum absolute atomic E-state index is 12.7. The molecule has 0 bridgehead atoms. The molecule has 0 amide bonds. The number of hydrogen-bond acceptors (Lipinski definition) is 11. The van der Waals surface area contributed by atoms with Gasteiger partial charge < -0.3 is 50.0 Å². The fourth-order valence-corrected chi connectivity index (χ4v) is 12.1. The number of ketones is 1. The summed E-state index contributed by atoms with van der Waals surface area (Å²) in [6, 6.07) is 0. The van der Waals surface area contributed by atoms with Gasteiger partial charge in [0, 0.05) is 22.7 Å². The number of hydrogen-bond donors (Lipinski definition) is 7. The van der Waals surface area contributed by atoms with Gasteiger partial charge in [-0.05, 0) is 86.7 Å². The predicted octanol–water partition coefficient (Wildman–Crippen LogP) is 0.849. The van der Waals surface area contributed by atoms with Crippen LogP contribution in [0.3, 0.4) is 0 Å². The molecule has 2 saturated carbocycles. The fourth-order valence-electron chi connectivity index (χ4n) is 12.1. The highest BCUT2D eigenvalue weighted by Gasteiger charge is 2.85. The molecule has 16 atom stereocenters. The van der Waals surface area contributed by atoms with E-state index in [1.165, 1.54) is 23.6 Å². The second kappa shape index (κ2) is 9.93. The average molecular weight is 647 g/mol. The Labute approximate surface area is 269 Å². The number of carbonyl (C=O) groups excluding carboxylic acids is 1. The third-order valence-corrected chi connectivity index (χ3v) is 14.7. The normalized spacial score (nSPS) is 55.0. The molecule has 8 rings (SSSR count). The second-order valence-corrected chi connectivity index (χ2v) is 16.5. The van der Waals surface area contributed by atoms with E-state index in [9.17, 15) is 40.5 Å². The third-order valence-electron chi connectivity index (χ3n) is 14.7. The lowest BCUT2D eigenvalue weighted by Gasteiger charge is -2.56. The van der Waals surface area contributed by atoms with Crippen molar-refractivity contribution in [3.05, 3.63) is 22.8 Å². The Morgan fingerprint density at radius 2 is 1.80 bits per heavy atom. The molecule has 8 aliphatic rings. The Morgan fingerprint density at radius 3 is 2.48 bits per heavy atom. The highest BCUT2D eigenvalue weighted by atomic mass is 16.7. The van der Waals surface area contributed by atoms with Crippen molar-refractivity contribution in [2.45, 2.75) is 139 Å². The summed E-state index contributed by atoms with van der Waals surface area (Å²) in [7, 11) is 0. The number of ether oxygens (including phenoxy) is 3. The van der Waals surface area contributed by atoms with Crippen LogP contribution in [0.1, 0.15) is 79.1 Å². The van der Waals surface area contributed by atoms with E-state index in [2.05, 4.69) is 13.0 Å². The summed E-state index contributed by atoms with van der Waals surface area (Å²) in [4.78, 5) is 12.7. The van der Waals surface area contributed by atoms with Gasteiger partial charge in [0.2, 0.25) is 0 Å². The zero-order valence-corrected chi connectivity index (χ0v) is 27.1. The molecule has 46 heavy (non-hydrogen) atoms. The number of carbonyl (C=O) groups is 1. The number of rotatable bonds is 5. The van der Waals surface area contributed by atoms with Crippen LogP contribution in [0, 0.1) is 39.9 Å². The topological polar surface area (TPSA) is 186 Å². The molecule has 5 aliphatic carbocycles. The van der Waals surface area contributed by atoms with E-state index >= 15 is 0 Å². The van der Waals surface area contributed by atoms with Crippen molar-refractivity contribution in [2.75, 3.05) is 6.61 Å². The molecule has 3 aliphatic heterocycles. The summed E-state index contributed by atoms with van der Waals surface area (Å²) in [5.74, 6) is -3.43. The van der Waals surface area contributed by atoms with Gasteiger partial charge in [-0.3, -0.25) is 4.79 Å². The van der Waals surface area contributed by atoms with Gasteiger partial charge in [0.25, 0.3) is 0 Å². The second-order valence-electron chi connectivity index (χ2n) is 16.5. The van der Waals surface area contributed by atoms with Crippen molar-refractivity contribution in [3.63, 3.8) is 0 Å². The number of aliphatic hydroxyl groups excluding tert-OH is 5. The lowest BCUT2D eigenvalue weighted by atomic mass is 9.51. The van der Waals surface area contributed by atoms with E-state index in [0.29, 0.717) is 12.8 Å². The van der Waals surface area contributed by atoms with Crippen LogP contribution >= 0.6 is 0 Å². The van der Waals surface area contributed by atoms with Gasteiger partial charge >= 0.3 is 0 Å². The van der Waals surface area contributed by atoms with Crippen LogP contribution in [-0.2, 0) is 19.0 Å². The summed E-state index contributed by atoms with van der Waals surface area (Å²) in [6.07, 6.45) is -0.136. The molecule has 11 nitrogen and oxygen atoms in total. The van der Waals surface area contributed by atoms with Gasteiger partial charge in [-0.25, -0.2) is 0 Å². The van der Waals surface area contributed by atoms with E-state index in [-0.39, 0.29) is 40.0 Å². The molecule has 0 radical (unpaired) electrons. The first-order valence-corrected chi connectivity index (χ1v) is 17.3. The zero-order chi connectivity index (χ0) is 32.9. The molecule has 0 unspecified atom stereocenters. The van der Waals surface area contributed by atoms with E-state index in [1.54, 1.807) is 13.8 Å². The summed E-state index contributed by atoms with van der Waals surface area (Å²) < 4.78 is 18.5. The lowest BCUT2D eigenvalue weighted by Crippen LogP contribution is -2.68. The molecule has 0 aromatic rings. The number of allylic oxidation sites excluding steroid dienone is 3. The van der Waals surface area contributed by atoms with E-state index in [4.69, 9.17) is 14.2 Å². The van der Waals surface area contributed by atoms with Crippen LogP contribution in [0.25, 0.3) is 0 Å². The Hall–Kier alpha value is -1.25. The van der Waals surface area contributed by atoms with Crippen molar-refractivity contribution in [1.29, 1.82) is 0 Å². The molecule has 3 saturated heterocycles. The standard InChI is InChI=1S/C35H50O11/c1-15(2)34(42,16(3)37)29-27-24(30(41)45-29)33-14-32(33)10-8-20-19(21(32)12-23(33)44-27)6-5-17-11-18(7-9-31(17,20)4)35(43)28(40)26(39)25(38)22(13-36)46-35/h12,15,17-18,22-30,36,38-43H,5-11,13-14H2,1-4H3/t17-,18+,22-,23-,24+,25-,26+,27+,28-,29+,30+,31+,32-,33+,34+,35-/m1/s1. The van der Waals surface area contributed by atoms with Gasteiger partial charge in [0.15, 0.2) is 23.5 Å². The quantitative estimate of drug-likeness (QED) is 0.225. The predicted molar refractivity (Wildman–Crippen MR) is 160 cm³/mol. The van der Waals surface area contributed by atoms with Crippen LogP contribution in [0.4, 0.5) is 0 Å². The van der Waals surface area contributed by atoms with E-state index < -0.39 is 72.7 Å². The number of fused-ring (bicyclic) bond motifs is 4. The average Bonchev–Trinajstić information content (AvgIpc) is 3.23. The molecule has 11 heteroatoms. The third kappa shape index (κ3) is 3.61. The van der Waals surface area contributed by atoms with Crippen LogP contribution in [0.5, 0.6) is 0 Å². The summed E-state index contributed by atoms with van der Waals surface area (Å²) in [5.41, 5.74) is 1.90. The monoisotopic (exact) mass is 646 g/mol. The summed E-state index contributed by atoms with van der Waals surface area (Å²) in [5, 5.41) is 75.7. The smallest absolute Gasteiger partial charge is 0.198 e. The molecule has 7 N–H and O–H groups in total. The van der Waals surface area contributed by atoms with Crippen molar-refractivity contribution < 1.29 is 54.8 Å². The van der Waals surface area contributed by atoms with Gasteiger partial charge in [-0.1, -0.05) is 32.4 Å². The summed E-state index contributed by atoms with van der Waals surface area (Å²) in [6.45, 7) is 6.69. The first kappa shape index (κ1) is 32.0. The van der Waals surface area contributed by atoms with Crippen molar-refractivity contribution in [2.24, 2.45) is 39.9 Å². The van der Waals surface area contributed by atoms with Crippen LogP contribution in [-0.4, -0.2) is 109 Å². The Bertz CT molecular complexity index is 1390. The van der Waals surface area contributed by atoms with Gasteiger partial charge in [0.05, 0.1) is 18.8 Å². The first-order valence-electron chi connectivity index (χ1n) is 17.3. The minimum Gasteiger partial charge on any atom is -0.394 e. The zero-order valence-electron chi connectivity index (χ0n) is 27.1. The Morgan fingerprint density at radius 1 is 1.07 bits per heavy atom. The minimum absolute atomic E-state index is 0.115. The molecular weight excluding hydrogens is 596 g/mol. The SMILES string of the molecule is CC(=O)[C@@](O)(C(C)C)[C@H]1O[C@H](O)[C@@H]2[C@@H]1O[C@@H]1C=C3C4=C(CC[C@@]35C[C@@]215)[C@@]1(C)CC[C@H]([C@@]2(O)O[C@H](CO)[C@@H](O)[C@H](O)[C@H]2O)C[C@H]1CC4. The van der Waals surface area contributed by atoms with Gasteiger partial charge in [-0.2, -0.15) is 0 Å². The van der Waals surface area contributed by atoms with Crippen molar-refractivity contribution in [3.8, 4) is 0 Å². The van der Waals surface area contributed by atoms with E-state index in [0.717, 1.165) is 38.5 Å². The molecule has 0 aromatic carbocycles. The summed E-state index contributed by atoms with van der Waals surface area (Å²) >= 11 is 0. The Balaban J connectivity index is 1.07. The Kier molecular flexibility index (Phi) is 6.90. The van der Waals surface area contributed by atoms with Gasteiger partial charge in [-0.15, -0.1) is 0 Å². The molecule has 5 fully saturated rings. The minimum atomic E-state index is -2.06. The van der Waals surface area contributed by atoms with Crippen LogP contribution < -0.4 is 0 Å². The lowest BCUT2D eigenvalue weighted by molar-refractivity contribution is -0.372. The van der Waals surface area contributed by atoms with Gasteiger partial charge in [0.1, 0.15) is 30.5 Å². The molecular formula is C35H50O11. The molecule has 0 aromatic heterocycles. The highest BCUT2D eigenvalue weighted by Crippen LogP contribution is 2.86.